The van der Waals surface area contributed by atoms with Crippen molar-refractivity contribution in [2.24, 2.45) is 5.41 Å². The molecule has 84 valence electrons. The van der Waals surface area contributed by atoms with Crippen LogP contribution in [-0.2, 0) is 11.2 Å². The number of carbonyl (C=O) groups excluding carboxylic acids is 1. The van der Waals surface area contributed by atoms with Crippen LogP contribution in [0.4, 0.5) is 0 Å². The molecular formula is C14H17NO. The molecule has 2 heteroatoms. The lowest BCUT2D eigenvalue weighted by molar-refractivity contribution is -0.125. The van der Waals surface area contributed by atoms with Crippen LogP contribution in [0.15, 0.2) is 18.2 Å². The molecule has 2 aliphatic rings. The van der Waals surface area contributed by atoms with Gasteiger partial charge in [-0.25, -0.2) is 0 Å². The number of aryl methyl sites for hydroxylation is 1. The second-order valence-electron chi connectivity index (χ2n) is 5.47. The number of piperidine rings is 1. The van der Waals surface area contributed by atoms with Crippen molar-refractivity contribution in [3.8, 4) is 0 Å². The SMILES string of the molecule is Cc1cccc2c1C[C@]1(C)CCC(=O)N[C@H]21. The summed E-state index contributed by atoms with van der Waals surface area (Å²) in [5.74, 6) is 0.205. The predicted octanol–water partition coefficient (Wildman–Crippen LogP) is 2.51. The number of rotatable bonds is 0. The summed E-state index contributed by atoms with van der Waals surface area (Å²) in [5, 5.41) is 3.16. The molecule has 1 saturated heterocycles. The van der Waals surface area contributed by atoms with E-state index in [0.29, 0.717) is 6.42 Å². The third kappa shape index (κ3) is 1.22. The molecule has 0 spiro atoms. The molecule has 0 saturated carbocycles. The zero-order chi connectivity index (χ0) is 11.3. The summed E-state index contributed by atoms with van der Waals surface area (Å²) in [4.78, 5) is 11.5. The molecule has 0 radical (unpaired) electrons. The van der Waals surface area contributed by atoms with Crippen molar-refractivity contribution >= 4 is 5.91 Å². The van der Waals surface area contributed by atoms with Gasteiger partial charge in [0.15, 0.2) is 0 Å². The summed E-state index contributed by atoms with van der Waals surface area (Å²) in [6.45, 7) is 4.47. The van der Waals surface area contributed by atoms with Crippen LogP contribution in [-0.4, -0.2) is 5.91 Å². The van der Waals surface area contributed by atoms with Crippen LogP contribution in [0.25, 0.3) is 0 Å². The van der Waals surface area contributed by atoms with E-state index >= 15 is 0 Å². The average molecular weight is 215 g/mol. The average Bonchev–Trinajstić information content (AvgIpc) is 2.54. The molecule has 1 aromatic rings. The number of fused-ring (bicyclic) bond motifs is 3. The van der Waals surface area contributed by atoms with Crippen molar-refractivity contribution in [2.75, 3.05) is 0 Å². The topological polar surface area (TPSA) is 29.1 Å². The van der Waals surface area contributed by atoms with E-state index in [1.165, 1.54) is 16.7 Å². The van der Waals surface area contributed by atoms with Gasteiger partial charge in [0.05, 0.1) is 6.04 Å². The van der Waals surface area contributed by atoms with Crippen LogP contribution in [0.1, 0.15) is 42.5 Å². The molecule has 2 atom stereocenters. The van der Waals surface area contributed by atoms with E-state index in [9.17, 15) is 4.79 Å². The zero-order valence-electron chi connectivity index (χ0n) is 9.84. The summed E-state index contributed by atoms with van der Waals surface area (Å²) in [6, 6.07) is 6.68. The molecule has 1 fully saturated rings. The Bertz CT molecular complexity index is 466. The van der Waals surface area contributed by atoms with Crippen molar-refractivity contribution in [1.29, 1.82) is 0 Å². The fraction of sp³-hybridized carbons (Fsp3) is 0.500. The standard InChI is InChI=1S/C14H17NO/c1-9-4-3-5-10-11(9)8-14(2)7-6-12(16)15-13(10)14/h3-5,13H,6-8H2,1-2H3,(H,15,16)/t13-,14+/m1/s1. The fourth-order valence-electron chi connectivity index (χ4n) is 3.24. The highest BCUT2D eigenvalue weighted by atomic mass is 16.1. The van der Waals surface area contributed by atoms with Gasteiger partial charge in [0.25, 0.3) is 0 Å². The predicted molar refractivity (Wildman–Crippen MR) is 63.1 cm³/mol. The lowest BCUT2D eigenvalue weighted by Gasteiger charge is -2.36. The minimum Gasteiger partial charge on any atom is -0.349 e. The van der Waals surface area contributed by atoms with Gasteiger partial charge in [-0.1, -0.05) is 25.1 Å². The first-order valence-electron chi connectivity index (χ1n) is 5.98. The minimum atomic E-state index is 0.205. The lowest BCUT2D eigenvalue weighted by atomic mass is 9.76. The summed E-state index contributed by atoms with van der Waals surface area (Å²) in [6.07, 6.45) is 2.80. The molecule has 0 unspecified atom stereocenters. The van der Waals surface area contributed by atoms with Gasteiger partial charge in [-0.2, -0.15) is 0 Å². The molecule has 1 heterocycles. The largest absolute Gasteiger partial charge is 0.349 e. The number of carbonyl (C=O) groups is 1. The first-order valence-corrected chi connectivity index (χ1v) is 5.98. The number of benzene rings is 1. The van der Waals surface area contributed by atoms with Crippen LogP contribution < -0.4 is 5.32 Å². The van der Waals surface area contributed by atoms with E-state index < -0.39 is 0 Å². The Morgan fingerprint density at radius 3 is 3.06 bits per heavy atom. The Hall–Kier alpha value is -1.31. The van der Waals surface area contributed by atoms with Gasteiger partial charge in [0.2, 0.25) is 5.91 Å². The van der Waals surface area contributed by atoms with E-state index in [2.05, 4.69) is 37.4 Å². The molecule has 1 amide bonds. The molecule has 1 aromatic carbocycles. The molecule has 16 heavy (non-hydrogen) atoms. The van der Waals surface area contributed by atoms with E-state index in [1.54, 1.807) is 0 Å². The minimum absolute atomic E-state index is 0.205. The quantitative estimate of drug-likeness (QED) is 0.708. The van der Waals surface area contributed by atoms with Crippen LogP contribution in [0.3, 0.4) is 0 Å². The second-order valence-corrected chi connectivity index (χ2v) is 5.47. The summed E-state index contributed by atoms with van der Waals surface area (Å²) < 4.78 is 0. The molecule has 3 rings (SSSR count). The Balaban J connectivity index is 2.11. The summed E-state index contributed by atoms with van der Waals surface area (Å²) in [7, 11) is 0. The number of amides is 1. The van der Waals surface area contributed by atoms with Crippen LogP contribution >= 0.6 is 0 Å². The Labute approximate surface area is 96.1 Å². The van der Waals surface area contributed by atoms with E-state index in [1.807, 2.05) is 0 Å². The highest BCUT2D eigenvalue weighted by Crippen LogP contribution is 2.50. The van der Waals surface area contributed by atoms with E-state index in [-0.39, 0.29) is 17.4 Å². The fourth-order valence-corrected chi connectivity index (χ4v) is 3.24. The van der Waals surface area contributed by atoms with Crippen LogP contribution in [0.5, 0.6) is 0 Å². The van der Waals surface area contributed by atoms with Gasteiger partial charge in [-0.15, -0.1) is 0 Å². The van der Waals surface area contributed by atoms with Crippen molar-refractivity contribution < 1.29 is 4.79 Å². The van der Waals surface area contributed by atoms with E-state index in [0.717, 1.165) is 12.8 Å². The molecule has 2 nitrogen and oxygen atoms in total. The van der Waals surface area contributed by atoms with E-state index in [4.69, 9.17) is 0 Å². The maximum atomic E-state index is 11.5. The highest BCUT2D eigenvalue weighted by Gasteiger charge is 2.46. The second kappa shape index (κ2) is 3.09. The normalized spacial score (nSPS) is 31.9. The smallest absolute Gasteiger partial charge is 0.220 e. The van der Waals surface area contributed by atoms with Crippen molar-refractivity contribution in [3.63, 3.8) is 0 Å². The molecular weight excluding hydrogens is 198 g/mol. The monoisotopic (exact) mass is 215 g/mol. The number of nitrogens with one attached hydrogen (secondary N) is 1. The first-order chi connectivity index (χ1) is 7.60. The Kier molecular flexibility index (Phi) is 1.91. The molecule has 0 bridgehead atoms. The summed E-state index contributed by atoms with van der Waals surface area (Å²) in [5.41, 5.74) is 4.40. The first kappa shape index (κ1) is 9.88. The van der Waals surface area contributed by atoms with Crippen molar-refractivity contribution in [2.45, 2.75) is 39.2 Å². The lowest BCUT2D eigenvalue weighted by Crippen LogP contribution is -2.42. The van der Waals surface area contributed by atoms with Crippen molar-refractivity contribution in [3.05, 3.63) is 34.9 Å². The molecule has 1 N–H and O–H groups in total. The van der Waals surface area contributed by atoms with Crippen molar-refractivity contribution in [1.82, 2.24) is 5.32 Å². The number of hydrogen-bond donors (Lipinski definition) is 1. The molecule has 1 aliphatic heterocycles. The molecule has 0 aromatic heterocycles. The van der Waals surface area contributed by atoms with Gasteiger partial charge in [0.1, 0.15) is 0 Å². The maximum Gasteiger partial charge on any atom is 0.220 e. The third-order valence-electron chi connectivity index (χ3n) is 4.26. The van der Waals surface area contributed by atoms with Gasteiger partial charge in [-0.3, -0.25) is 4.79 Å². The highest BCUT2D eigenvalue weighted by molar-refractivity contribution is 5.78. The van der Waals surface area contributed by atoms with Crippen LogP contribution in [0.2, 0.25) is 0 Å². The Morgan fingerprint density at radius 2 is 2.25 bits per heavy atom. The third-order valence-corrected chi connectivity index (χ3v) is 4.26. The maximum absolute atomic E-state index is 11.5. The Morgan fingerprint density at radius 1 is 1.44 bits per heavy atom. The number of hydrogen-bond acceptors (Lipinski definition) is 1. The van der Waals surface area contributed by atoms with Crippen LogP contribution in [0, 0.1) is 12.3 Å². The van der Waals surface area contributed by atoms with Gasteiger partial charge >= 0.3 is 0 Å². The zero-order valence-corrected chi connectivity index (χ0v) is 9.84. The van der Waals surface area contributed by atoms with Gasteiger partial charge in [-0.05, 0) is 41.9 Å². The molecule has 1 aliphatic carbocycles. The van der Waals surface area contributed by atoms with Gasteiger partial charge in [0, 0.05) is 6.42 Å². The summed E-state index contributed by atoms with van der Waals surface area (Å²) >= 11 is 0. The van der Waals surface area contributed by atoms with Gasteiger partial charge < -0.3 is 5.32 Å².